The van der Waals surface area contributed by atoms with Crippen LogP contribution in [0.15, 0.2) is 42.5 Å². The van der Waals surface area contributed by atoms with Gasteiger partial charge in [-0.1, -0.05) is 12.1 Å². The van der Waals surface area contributed by atoms with Crippen molar-refractivity contribution in [2.45, 2.75) is 18.8 Å². The van der Waals surface area contributed by atoms with E-state index in [1.54, 1.807) is 0 Å². The van der Waals surface area contributed by atoms with E-state index in [-0.39, 0.29) is 18.3 Å². The van der Waals surface area contributed by atoms with Gasteiger partial charge < -0.3 is 25.2 Å². The number of alkyl halides is 3. The Kier molecular flexibility index (Phi) is 6.93. The number of halogens is 3. The van der Waals surface area contributed by atoms with E-state index in [0.29, 0.717) is 0 Å². The molecule has 1 heterocycles. The van der Waals surface area contributed by atoms with Crippen molar-refractivity contribution in [2.75, 3.05) is 44.4 Å². The Labute approximate surface area is 184 Å². The van der Waals surface area contributed by atoms with Gasteiger partial charge in [0, 0.05) is 31.5 Å². The number of nitrogens with zero attached hydrogens (tertiary/aromatic N) is 2. The monoisotopic (exact) mass is 450 g/mol. The van der Waals surface area contributed by atoms with Gasteiger partial charge in [0.25, 0.3) is 0 Å². The minimum absolute atomic E-state index is 0.137. The van der Waals surface area contributed by atoms with Crippen LogP contribution in [0.1, 0.15) is 17.2 Å². The molecule has 1 atom stereocenters. The van der Waals surface area contributed by atoms with Crippen molar-refractivity contribution in [3.05, 3.63) is 53.6 Å². The first kappa shape index (κ1) is 23.4. The fourth-order valence-corrected chi connectivity index (χ4v) is 3.59. The van der Waals surface area contributed by atoms with E-state index in [0.717, 1.165) is 30.7 Å². The van der Waals surface area contributed by atoms with Gasteiger partial charge in [-0.05, 0) is 62.0 Å². The number of hydrogen-bond acceptors (Lipinski definition) is 5. The molecule has 0 aliphatic carbocycles. The Hall–Kier alpha value is -3.27. The third-order valence-electron chi connectivity index (χ3n) is 5.25. The van der Waals surface area contributed by atoms with Crippen LogP contribution in [-0.4, -0.2) is 57.3 Å². The van der Waals surface area contributed by atoms with Crippen molar-refractivity contribution in [3.63, 3.8) is 0 Å². The Morgan fingerprint density at radius 2 is 1.81 bits per heavy atom. The standard InChI is InChI=1S/C22H25F3N4O3/c1-28(2)19(14-4-9-18-15(12-14)10-11-29(18)3)13-26-20(30)21(31)27-16-5-7-17(8-6-16)32-22(23,24)25/h4-9,12,19H,10-11,13H2,1-3H3,(H,26,30)(H,27,31)/t19-/m1/s1. The molecule has 0 aromatic heterocycles. The summed E-state index contributed by atoms with van der Waals surface area (Å²) in [6.45, 7) is 1.18. The lowest BCUT2D eigenvalue weighted by Crippen LogP contribution is -2.40. The largest absolute Gasteiger partial charge is 0.573 e. The Morgan fingerprint density at radius 1 is 1.12 bits per heavy atom. The molecule has 2 aromatic rings. The highest BCUT2D eigenvalue weighted by molar-refractivity contribution is 6.39. The first-order valence-corrected chi connectivity index (χ1v) is 9.99. The van der Waals surface area contributed by atoms with Crippen molar-refractivity contribution in [3.8, 4) is 5.75 Å². The normalized spacial score (nSPS) is 14.2. The minimum atomic E-state index is -4.80. The number of anilines is 2. The van der Waals surface area contributed by atoms with Crippen LogP contribution < -0.4 is 20.3 Å². The van der Waals surface area contributed by atoms with E-state index in [4.69, 9.17) is 0 Å². The van der Waals surface area contributed by atoms with Crippen molar-refractivity contribution >= 4 is 23.2 Å². The second-order valence-electron chi connectivity index (χ2n) is 7.78. The van der Waals surface area contributed by atoms with E-state index < -0.39 is 23.9 Å². The topological polar surface area (TPSA) is 73.9 Å². The van der Waals surface area contributed by atoms with E-state index >= 15 is 0 Å². The van der Waals surface area contributed by atoms with E-state index in [1.807, 2.05) is 32.1 Å². The molecule has 1 aliphatic rings. The van der Waals surface area contributed by atoms with E-state index in [2.05, 4.69) is 32.4 Å². The summed E-state index contributed by atoms with van der Waals surface area (Å²) in [5, 5.41) is 4.98. The Morgan fingerprint density at radius 3 is 2.44 bits per heavy atom. The van der Waals surface area contributed by atoms with Crippen molar-refractivity contribution in [1.29, 1.82) is 0 Å². The summed E-state index contributed by atoms with van der Waals surface area (Å²) in [6.07, 6.45) is -3.84. The Balaban J connectivity index is 1.58. The zero-order chi connectivity index (χ0) is 23.5. The summed E-state index contributed by atoms with van der Waals surface area (Å²) in [5.41, 5.74) is 3.65. The number of carbonyl (C=O) groups excluding carboxylic acids is 2. The van der Waals surface area contributed by atoms with Gasteiger partial charge in [-0.25, -0.2) is 0 Å². The lowest BCUT2D eigenvalue weighted by atomic mass is 10.0. The number of likely N-dealkylation sites (N-methyl/N-ethyl adjacent to an activating group) is 2. The van der Waals surface area contributed by atoms with Crippen LogP contribution in [0.4, 0.5) is 24.5 Å². The van der Waals surface area contributed by atoms with Crippen LogP contribution in [0.25, 0.3) is 0 Å². The maximum Gasteiger partial charge on any atom is 0.573 e. The van der Waals surface area contributed by atoms with Gasteiger partial charge >= 0.3 is 18.2 Å². The van der Waals surface area contributed by atoms with Gasteiger partial charge in [0.15, 0.2) is 0 Å². The van der Waals surface area contributed by atoms with Crippen LogP contribution in [0, 0.1) is 0 Å². The van der Waals surface area contributed by atoms with Crippen LogP contribution >= 0.6 is 0 Å². The number of nitrogens with one attached hydrogen (secondary N) is 2. The van der Waals surface area contributed by atoms with Crippen molar-refractivity contribution < 1.29 is 27.5 Å². The molecule has 10 heteroatoms. The summed E-state index contributed by atoms with van der Waals surface area (Å²) < 4.78 is 40.4. The fourth-order valence-electron chi connectivity index (χ4n) is 3.59. The molecular weight excluding hydrogens is 425 g/mol. The van der Waals surface area contributed by atoms with Crippen LogP contribution in [-0.2, 0) is 16.0 Å². The SMILES string of the molecule is CN1CCc2cc([C@@H](CNC(=O)C(=O)Nc3ccc(OC(F)(F)F)cc3)N(C)C)ccc21. The average Bonchev–Trinajstić information content (AvgIpc) is 3.08. The van der Waals surface area contributed by atoms with E-state index in [1.165, 1.54) is 23.4 Å². The molecule has 32 heavy (non-hydrogen) atoms. The maximum absolute atomic E-state index is 12.3. The fraction of sp³-hybridized carbons (Fsp3) is 0.364. The number of hydrogen-bond donors (Lipinski definition) is 2. The van der Waals surface area contributed by atoms with Crippen LogP contribution in [0.5, 0.6) is 5.75 Å². The summed E-state index contributed by atoms with van der Waals surface area (Å²) in [6, 6.07) is 10.6. The molecule has 2 N–H and O–H groups in total. The van der Waals surface area contributed by atoms with E-state index in [9.17, 15) is 22.8 Å². The molecule has 1 aliphatic heterocycles. The highest BCUT2D eigenvalue weighted by atomic mass is 19.4. The zero-order valence-electron chi connectivity index (χ0n) is 18.0. The number of carbonyl (C=O) groups is 2. The Bertz CT molecular complexity index is 977. The second kappa shape index (κ2) is 9.47. The zero-order valence-corrected chi connectivity index (χ0v) is 18.0. The number of fused-ring (bicyclic) bond motifs is 1. The molecular formula is C22H25F3N4O3. The third-order valence-corrected chi connectivity index (χ3v) is 5.25. The summed E-state index contributed by atoms with van der Waals surface area (Å²) in [7, 11) is 5.83. The number of rotatable bonds is 6. The van der Waals surface area contributed by atoms with Crippen molar-refractivity contribution in [1.82, 2.24) is 10.2 Å². The molecule has 0 radical (unpaired) electrons. The molecule has 3 rings (SSSR count). The van der Waals surface area contributed by atoms with Crippen molar-refractivity contribution in [2.24, 2.45) is 0 Å². The van der Waals surface area contributed by atoms with Crippen LogP contribution in [0.2, 0.25) is 0 Å². The van der Waals surface area contributed by atoms with Gasteiger partial charge in [0.05, 0.1) is 6.04 Å². The molecule has 0 unspecified atom stereocenters. The molecule has 0 fully saturated rings. The maximum atomic E-state index is 12.3. The predicted octanol–water partition coefficient (Wildman–Crippen LogP) is 2.94. The summed E-state index contributed by atoms with van der Waals surface area (Å²) in [5.74, 6) is -2.18. The molecule has 0 saturated heterocycles. The third kappa shape index (κ3) is 5.91. The molecule has 2 amide bonds. The lowest BCUT2D eigenvalue weighted by molar-refractivity contribution is -0.274. The molecule has 0 saturated carbocycles. The van der Waals surface area contributed by atoms with Gasteiger partial charge in [-0.2, -0.15) is 0 Å². The summed E-state index contributed by atoms with van der Waals surface area (Å²) in [4.78, 5) is 28.6. The highest BCUT2D eigenvalue weighted by Crippen LogP contribution is 2.30. The molecule has 172 valence electrons. The second-order valence-corrected chi connectivity index (χ2v) is 7.78. The summed E-state index contributed by atoms with van der Waals surface area (Å²) >= 11 is 0. The first-order valence-electron chi connectivity index (χ1n) is 9.99. The van der Waals surface area contributed by atoms with Gasteiger partial charge in [-0.15, -0.1) is 13.2 Å². The molecule has 0 bridgehead atoms. The number of ether oxygens (including phenoxy) is 1. The number of benzene rings is 2. The number of amides is 2. The molecule has 0 spiro atoms. The van der Waals surface area contributed by atoms with Gasteiger partial charge in [0.2, 0.25) is 0 Å². The average molecular weight is 450 g/mol. The predicted molar refractivity (Wildman–Crippen MR) is 115 cm³/mol. The van der Waals surface area contributed by atoms with Gasteiger partial charge in [0.1, 0.15) is 5.75 Å². The smallest absolute Gasteiger partial charge is 0.406 e. The van der Waals surface area contributed by atoms with Gasteiger partial charge in [-0.3, -0.25) is 9.59 Å². The molecule has 2 aromatic carbocycles. The highest BCUT2D eigenvalue weighted by Gasteiger charge is 2.31. The molecule has 7 nitrogen and oxygen atoms in total. The lowest BCUT2D eigenvalue weighted by Gasteiger charge is -2.26. The first-order chi connectivity index (χ1) is 15.0. The minimum Gasteiger partial charge on any atom is -0.406 e. The quantitative estimate of drug-likeness (QED) is 0.662. The van der Waals surface area contributed by atoms with Crippen LogP contribution in [0.3, 0.4) is 0 Å².